The average Bonchev–Trinajstić information content (AvgIpc) is 3.18. The van der Waals surface area contributed by atoms with Crippen LogP contribution in [0.5, 0.6) is 0 Å². The van der Waals surface area contributed by atoms with Crippen molar-refractivity contribution in [3.8, 4) is 0 Å². The first-order chi connectivity index (χ1) is 14.2. The number of para-hydroxylation sites is 1. The number of aromatic nitrogens is 3. The molecule has 6 heteroatoms. The summed E-state index contributed by atoms with van der Waals surface area (Å²) in [4.78, 5) is 22.6. The van der Waals surface area contributed by atoms with Gasteiger partial charge in [0, 0.05) is 17.0 Å². The Hall–Kier alpha value is -3.64. The molecule has 1 atom stereocenters. The number of carbonyl (C=O) groups excluding carboxylic acids is 1. The van der Waals surface area contributed by atoms with Crippen molar-refractivity contribution < 1.29 is 9.00 Å². The summed E-state index contributed by atoms with van der Waals surface area (Å²) >= 11 is 0. The molecule has 5 rings (SSSR count). The number of ketones is 1. The smallest absolute Gasteiger partial charge is 0.228 e. The summed E-state index contributed by atoms with van der Waals surface area (Å²) in [5.74, 6) is -0.293. The van der Waals surface area contributed by atoms with Crippen molar-refractivity contribution >= 4 is 38.7 Å². The molecule has 140 valence electrons. The standard InChI is InChI=1S/C23H15N3O2S/c27-22(19-13-12-16-8-6-14-24-23(16)25-19)21-15-17-7-4-5-11-20(17)26(21)29(28)18-9-2-1-3-10-18/h1-15H. The molecule has 0 spiro atoms. The zero-order valence-corrected chi connectivity index (χ0v) is 16.0. The van der Waals surface area contributed by atoms with E-state index < -0.39 is 11.0 Å². The Labute approximate surface area is 169 Å². The zero-order chi connectivity index (χ0) is 19.8. The summed E-state index contributed by atoms with van der Waals surface area (Å²) in [7, 11) is -1.57. The Morgan fingerprint density at radius 1 is 0.828 bits per heavy atom. The van der Waals surface area contributed by atoms with Gasteiger partial charge < -0.3 is 0 Å². The molecule has 0 bridgehead atoms. The van der Waals surface area contributed by atoms with Gasteiger partial charge in [-0.15, -0.1) is 0 Å². The van der Waals surface area contributed by atoms with Crippen LogP contribution < -0.4 is 0 Å². The fourth-order valence-corrected chi connectivity index (χ4v) is 4.58. The van der Waals surface area contributed by atoms with Crippen molar-refractivity contribution in [1.82, 2.24) is 13.9 Å². The summed E-state index contributed by atoms with van der Waals surface area (Å²) in [5, 5.41) is 1.71. The third kappa shape index (κ3) is 3.03. The summed E-state index contributed by atoms with van der Waals surface area (Å²) in [6, 6.07) is 25.6. The molecule has 5 aromatic rings. The summed E-state index contributed by atoms with van der Waals surface area (Å²) in [6.07, 6.45) is 1.64. The van der Waals surface area contributed by atoms with E-state index in [1.54, 1.807) is 34.4 Å². The van der Waals surface area contributed by atoms with Crippen molar-refractivity contribution in [2.45, 2.75) is 4.90 Å². The number of hydrogen-bond acceptors (Lipinski definition) is 4. The Balaban J connectivity index is 1.69. The topological polar surface area (TPSA) is 64.8 Å². The second-order valence-corrected chi connectivity index (χ2v) is 7.86. The molecule has 0 aliphatic heterocycles. The molecule has 0 aliphatic carbocycles. The van der Waals surface area contributed by atoms with Crippen LogP contribution in [-0.4, -0.2) is 23.9 Å². The maximum Gasteiger partial charge on any atom is 0.228 e. The Morgan fingerprint density at radius 3 is 2.45 bits per heavy atom. The number of pyridine rings is 2. The minimum atomic E-state index is -1.57. The van der Waals surface area contributed by atoms with Crippen molar-refractivity contribution in [1.29, 1.82) is 0 Å². The molecule has 0 N–H and O–H groups in total. The van der Waals surface area contributed by atoms with Gasteiger partial charge in [0.25, 0.3) is 0 Å². The first-order valence-electron chi connectivity index (χ1n) is 9.07. The summed E-state index contributed by atoms with van der Waals surface area (Å²) in [5.41, 5.74) is 1.84. The lowest BCUT2D eigenvalue weighted by Crippen LogP contribution is -2.15. The van der Waals surface area contributed by atoms with E-state index in [4.69, 9.17) is 0 Å². The predicted molar refractivity (Wildman–Crippen MR) is 113 cm³/mol. The van der Waals surface area contributed by atoms with Crippen molar-refractivity contribution in [2.75, 3.05) is 0 Å². The molecule has 1 unspecified atom stereocenters. The maximum atomic E-state index is 13.4. The van der Waals surface area contributed by atoms with E-state index in [1.165, 1.54) is 0 Å². The van der Waals surface area contributed by atoms with Gasteiger partial charge in [-0.3, -0.25) is 8.77 Å². The highest BCUT2D eigenvalue weighted by atomic mass is 32.2. The molecular formula is C23H15N3O2S. The molecule has 0 radical (unpaired) electrons. The molecular weight excluding hydrogens is 382 g/mol. The van der Waals surface area contributed by atoms with Crippen molar-refractivity contribution in [3.63, 3.8) is 0 Å². The van der Waals surface area contributed by atoms with Crippen molar-refractivity contribution in [2.24, 2.45) is 0 Å². The van der Waals surface area contributed by atoms with E-state index in [-0.39, 0.29) is 11.5 Å². The number of hydrogen-bond donors (Lipinski definition) is 0. The molecule has 0 saturated heterocycles. The molecule has 3 aromatic heterocycles. The second-order valence-electron chi connectivity index (χ2n) is 6.52. The first kappa shape index (κ1) is 17.5. The Bertz CT molecular complexity index is 1390. The average molecular weight is 397 g/mol. The quantitative estimate of drug-likeness (QED) is 0.422. The van der Waals surface area contributed by atoms with Gasteiger partial charge in [-0.05, 0) is 48.5 Å². The maximum absolute atomic E-state index is 13.4. The second kappa shape index (κ2) is 7.07. The van der Waals surface area contributed by atoms with Crippen LogP contribution in [-0.2, 0) is 11.0 Å². The van der Waals surface area contributed by atoms with Gasteiger partial charge in [0.1, 0.15) is 11.4 Å². The number of fused-ring (bicyclic) bond motifs is 2. The normalized spacial score (nSPS) is 12.3. The Morgan fingerprint density at radius 2 is 1.59 bits per heavy atom. The fraction of sp³-hybridized carbons (Fsp3) is 0. The Kier molecular flexibility index (Phi) is 4.26. The van der Waals surface area contributed by atoms with Crippen LogP contribution in [0.3, 0.4) is 0 Å². The van der Waals surface area contributed by atoms with Gasteiger partial charge in [-0.25, -0.2) is 14.2 Å². The van der Waals surface area contributed by atoms with Crippen molar-refractivity contribution in [3.05, 3.63) is 103 Å². The lowest BCUT2D eigenvalue weighted by Gasteiger charge is -2.10. The van der Waals surface area contributed by atoms with E-state index in [9.17, 15) is 9.00 Å². The van der Waals surface area contributed by atoms with Crippen LogP contribution in [0.25, 0.3) is 21.9 Å². The van der Waals surface area contributed by atoms with Crippen LogP contribution >= 0.6 is 0 Å². The largest absolute Gasteiger partial charge is 0.285 e. The van der Waals surface area contributed by atoms with Gasteiger partial charge in [-0.1, -0.05) is 36.4 Å². The van der Waals surface area contributed by atoms with E-state index in [0.717, 1.165) is 16.3 Å². The summed E-state index contributed by atoms with van der Waals surface area (Å²) < 4.78 is 15.0. The van der Waals surface area contributed by atoms with Crippen LogP contribution in [0.15, 0.2) is 96.0 Å². The SMILES string of the molecule is O=C(c1ccc2cccnc2n1)c1cc2ccccc2n1S(=O)c1ccccc1. The third-order valence-corrected chi connectivity index (χ3v) is 6.11. The lowest BCUT2D eigenvalue weighted by molar-refractivity contribution is 0.102. The van der Waals surface area contributed by atoms with Gasteiger partial charge in [0.15, 0.2) is 16.6 Å². The third-order valence-electron chi connectivity index (χ3n) is 4.71. The molecule has 5 nitrogen and oxygen atoms in total. The molecule has 0 amide bonds. The van der Waals surface area contributed by atoms with Gasteiger partial charge in [0.2, 0.25) is 5.78 Å². The van der Waals surface area contributed by atoms with E-state index in [2.05, 4.69) is 9.97 Å². The number of nitrogens with zero attached hydrogens (tertiary/aromatic N) is 3. The molecule has 3 heterocycles. The van der Waals surface area contributed by atoms with Crippen LogP contribution in [0, 0.1) is 0 Å². The first-order valence-corrected chi connectivity index (χ1v) is 10.2. The molecule has 29 heavy (non-hydrogen) atoms. The highest BCUT2D eigenvalue weighted by Crippen LogP contribution is 2.25. The zero-order valence-electron chi connectivity index (χ0n) is 15.2. The number of rotatable bonds is 4. The molecule has 0 fully saturated rings. The van der Waals surface area contributed by atoms with Gasteiger partial charge in [-0.2, -0.15) is 0 Å². The van der Waals surface area contributed by atoms with Crippen LogP contribution in [0.1, 0.15) is 16.2 Å². The lowest BCUT2D eigenvalue weighted by atomic mass is 10.1. The molecule has 2 aromatic carbocycles. The van der Waals surface area contributed by atoms with Gasteiger partial charge >= 0.3 is 0 Å². The minimum Gasteiger partial charge on any atom is -0.285 e. The molecule has 0 saturated carbocycles. The fourth-order valence-electron chi connectivity index (χ4n) is 3.32. The van der Waals surface area contributed by atoms with E-state index >= 15 is 0 Å². The summed E-state index contributed by atoms with van der Waals surface area (Å²) in [6.45, 7) is 0. The van der Waals surface area contributed by atoms with E-state index in [0.29, 0.717) is 16.2 Å². The molecule has 0 aliphatic rings. The number of benzene rings is 2. The van der Waals surface area contributed by atoms with Crippen LogP contribution in [0.4, 0.5) is 0 Å². The van der Waals surface area contributed by atoms with Gasteiger partial charge in [0.05, 0.1) is 10.4 Å². The minimum absolute atomic E-state index is 0.269. The highest BCUT2D eigenvalue weighted by molar-refractivity contribution is 7.83. The highest BCUT2D eigenvalue weighted by Gasteiger charge is 2.22. The predicted octanol–water partition coefficient (Wildman–Crippen LogP) is 4.39. The van der Waals surface area contributed by atoms with Crippen LogP contribution in [0.2, 0.25) is 0 Å². The number of carbonyl (C=O) groups is 1. The van der Waals surface area contributed by atoms with E-state index in [1.807, 2.05) is 60.7 Å². The monoisotopic (exact) mass is 397 g/mol.